The third-order valence-electron chi connectivity index (χ3n) is 3.18. The van der Waals surface area contributed by atoms with E-state index in [9.17, 15) is 0 Å². The molecule has 0 aliphatic carbocycles. The fraction of sp³-hybridized carbons (Fsp3) is 0.214. The average Bonchev–Trinajstić information content (AvgIpc) is 3.10. The molecule has 6 heteroatoms. The summed E-state index contributed by atoms with van der Waals surface area (Å²) in [7, 11) is 1.94. The van der Waals surface area contributed by atoms with Gasteiger partial charge in [-0.1, -0.05) is 0 Å². The van der Waals surface area contributed by atoms with Crippen molar-refractivity contribution < 1.29 is 4.42 Å². The number of hydrogen-bond donors (Lipinski definition) is 1. The Hall–Kier alpha value is -2.63. The molecule has 0 fully saturated rings. The Morgan fingerprint density at radius 1 is 1.20 bits per heavy atom. The van der Waals surface area contributed by atoms with E-state index in [4.69, 9.17) is 4.42 Å². The largest absolute Gasteiger partial charge is 0.423 e. The minimum atomic E-state index is 0.178. The van der Waals surface area contributed by atoms with E-state index in [1.165, 1.54) is 6.39 Å². The number of aryl methyl sites for hydroxylation is 1. The molecule has 20 heavy (non-hydrogen) atoms. The van der Waals surface area contributed by atoms with Crippen molar-refractivity contribution in [1.29, 1.82) is 0 Å². The molecule has 3 rings (SSSR count). The van der Waals surface area contributed by atoms with Crippen molar-refractivity contribution >= 4 is 5.69 Å². The van der Waals surface area contributed by atoms with Crippen molar-refractivity contribution in [2.75, 3.05) is 5.32 Å². The highest BCUT2D eigenvalue weighted by Crippen LogP contribution is 2.22. The molecule has 1 aromatic carbocycles. The van der Waals surface area contributed by atoms with E-state index in [1.807, 2.05) is 42.1 Å². The van der Waals surface area contributed by atoms with Gasteiger partial charge in [0.15, 0.2) is 0 Å². The van der Waals surface area contributed by atoms with Gasteiger partial charge >= 0.3 is 0 Å². The number of aromatic nitrogens is 4. The second kappa shape index (κ2) is 5.16. The lowest BCUT2D eigenvalue weighted by Crippen LogP contribution is -2.11. The fourth-order valence-corrected chi connectivity index (χ4v) is 2.14. The highest BCUT2D eigenvalue weighted by Gasteiger charge is 2.09. The molecular formula is C14H15N5O. The van der Waals surface area contributed by atoms with Crippen LogP contribution in [0.15, 0.2) is 47.3 Å². The molecule has 0 radical (unpaired) electrons. The Bertz CT molecular complexity index is 672. The quantitative estimate of drug-likeness (QED) is 0.788. The Labute approximate surface area is 116 Å². The maximum atomic E-state index is 5.16. The molecule has 6 nitrogen and oxygen atoms in total. The van der Waals surface area contributed by atoms with Gasteiger partial charge in [-0.25, -0.2) is 0 Å². The number of anilines is 1. The van der Waals surface area contributed by atoms with Crippen LogP contribution >= 0.6 is 0 Å². The molecule has 0 spiro atoms. The molecular weight excluding hydrogens is 254 g/mol. The number of hydrogen-bond acceptors (Lipinski definition) is 5. The first-order chi connectivity index (χ1) is 9.74. The Kier molecular flexibility index (Phi) is 3.20. The predicted octanol–water partition coefficient (Wildman–Crippen LogP) is 2.64. The summed E-state index contributed by atoms with van der Waals surface area (Å²) in [4.78, 5) is 0. The van der Waals surface area contributed by atoms with Gasteiger partial charge in [0.05, 0.1) is 11.7 Å². The molecule has 0 saturated heterocycles. The van der Waals surface area contributed by atoms with Gasteiger partial charge < -0.3 is 9.73 Å². The van der Waals surface area contributed by atoms with Crippen LogP contribution in [0.5, 0.6) is 0 Å². The van der Waals surface area contributed by atoms with Crippen LogP contribution in [0.3, 0.4) is 0 Å². The summed E-state index contributed by atoms with van der Waals surface area (Å²) in [6.07, 6.45) is 3.12. The van der Waals surface area contributed by atoms with Crippen molar-refractivity contribution in [2.45, 2.75) is 13.0 Å². The molecule has 1 atom stereocenters. The Morgan fingerprint density at radius 3 is 2.60 bits per heavy atom. The fourth-order valence-electron chi connectivity index (χ4n) is 2.14. The SMILES string of the molecule is CC(Nc1ccc(-c2nnco2)cc1)c1ccnn1C. The predicted molar refractivity (Wildman–Crippen MR) is 75.0 cm³/mol. The first kappa shape index (κ1) is 12.4. The van der Waals surface area contributed by atoms with Gasteiger partial charge in [0, 0.05) is 24.5 Å². The maximum absolute atomic E-state index is 5.16. The third kappa shape index (κ3) is 2.40. The zero-order valence-corrected chi connectivity index (χ0v) is 11.3. The first-order valence-electron chi connectivity index (χ1n) is 6.35. The maximum Gasteiger partial charge on any atom is 0.247 e. The lowest BCUT2D eigenvalue weighted by atomic mass is 10.1. The minimum absolute atomic E-state index is 0.178. The van der Waals surface area contributed by atoms with E-state index in [0.717, 1.165) is 16.9 Å². The smallest absolute Gasteiger partial charge is 0.247 e. The number of nitrogens with one attached hydrogen (secondary N) is 1. The van der Waals surface area contributed by atoms with Crippen molar-refractivity contribution in [3.63, 3.8) is 0 Å². The molecule has 0 aliphatic rings. The van der Waals surface area contributed by atoms with Crippen molar-refractivity contribution in [3.05, 3.63) is 48.6 Å². The van der Waals surface area contributed by atoms with Crippen LogP contribution in [-0.2, 0) is 7.05 Å². The lowest BCUT2D eigenvalue weighted by Gasteiger charge is -2.15. The molecule has 0 aliphatic heterocycles. The Balaban J connectivity index is 1.74. The van der Waals surface area contributed by atoms with Crippen LogP contribution in [0.2, 0.25) is 0 Å². The molecule has 0 amide bonds. The molecule has 2 aromatic heterocycles. The van der Waals surface area contributed by atoms with Gasteiger partial charge in [-0.15, -0.1) is 10.2 Å². The average molecular weight is 269 g/mol. The minimum Gasteiger partial charge on any atom is -0.423 e. The highest BCUT2D eigenvalue weighted by atomic mass is 16.4. The van der Waals surface area contributed by atoms with Crippen LogP contribution in [-0.4, -0.2) is 20.0 Å². The number of rotatable bonds is 4. The molecule has 2 heterocycles. The van der Waals surface area contributed by atoms with E-state index in [2.05, 4.69) is 27.5 Å². The summed E-state index contributed by atoms with van der Waals surface area (Å²) in [6, 6.07) is 10.1. The van der Waals surface area contributed by atoms with Crippen LogP contribution < -0.4 is 5.32 Å². The summed E-state index contributed by atoms with van der Waals surface area (Å²) in [6.45, 7) is 2.10. The second-order valence-electron chi connectivity index (χ2n) is 4.57. The number of benzene rings is 1. The second-order valence-corrected chi connectivity index (χ2v) is 4.57. The van der Waals surface area contributed by atoms with E-state index < -0.39 is 0 Å². The standard InChI is InChI=1S/C14H15N5O/c1-10(13-7-8-16-19(13)2)17-12-5-3-11(4-6-12)14-18-15-9-20-14/h3-10,17H,1-2H3. The van der Waals surface area contributed by atoms with Crippen molar-refractivity contribution in [1.82, 2.24) is 20.0 Å². The van der Waals surface area contributed by atoms with E-state index in [0.29, 0.717) is 5.89 Å². The molecule has 102 valence electrons. The highest BCUT2D eigenvalue weighted by molar-refractivity contribution is 5.58. The summed E-state index contributed by atoms with van der Waals surface area (Å²) in [5, 5.41) is 15.2. The molecule has 3 aromatic rings. The molecule has 0 bridgehead atoms. The zero-order chi connectivity index (χ0) is 13.9. The van der Waals surface area contributed by atoms with Crippen LogP contribution in [0.1, 0.15) is 18.7 Å². The van der Waals surface area contributed by atoms with E-state index in [-0.39, 0.29) is 6.04 Å². The topological polar surface area (TPSA) is 68.8 Å². The number of nitrogens with zero attached hydrogens (tertiary/aromatic N) is 4. The van der Waals surface area contributed by atoms with Gasteiger partial charge in [0.2, 0.25) is 12.3 Å². The molecule has 1 N–H and O–H groups in total. The van der Waals surface area contributed by atoms with Crippen molar-refractivity contribution in [3.8, 4) is 11.5 Å². The van der Waals surface area contributed by atoms with Gasteiger partial charge in [-0.2, -0.15) is 5.10 Å². The summed E-state index contributed by atoms with van der Waals surface area (Å²) in [5.41, 5.74) is 3.06. The van der Waals surface area contributed by atoms with Crippen LogP contribution in [0.25, 0.3) is 11.5 Å². The van der Waals surface area contributed by atoms with Crippen molar-refractivity contribution in [2.24, 2.45) is 7.05 Å². The normalized spacial score (nSPS) is 12.3. The first-order valence-corrected chi connectivity index (χ1v) is 6.35. The Morgan fingerprint density at radius 2 is 2.00 bits per heavy atom. The monoisotopic (exact) mass is 269 g/mol. The summed E-state index contributed by atoms with van der Waals surface area (Å²) in [5.74, 6) is 0.524. The van der Waals surface area contributed by atoms with Gasteiger partial charge in [-0.3, -0.25) is 4.68 Å². The lowest BCUT2D eigenvalue weighted by molar-refractivity contribution is 0.568. The summed E-state index contributed by atoms with van der Waals surface area (Å²) < 4.78 is 7.03. The molecule has 1 unspecified atom stereocenters. The van der Waals surface area contributed by atoms with Crippen LogP contribution in [0.4, 0.5) is 5.69 Å². The third-order valence-corrected chi connectivity index (χ3v) is 3.18. The summed E-state index contributed by atoms with van der Waals surface area (Å²) >= 11 is 0. The van der Waals surface area contributed by atoms with Gasteiger partial charge in [-0.05, 0) is 37.3 Å². The van der Waals surface area contributed by atoms with Crippen LogP contribution in [0, 0.1) is 0 Å². The van der Waals surface area contributed by atoms with Gasteiger partial charge in [0.1, 0.15) is 0 Å². The molecule has 0 saturated carbocycles. The zero-order valence-electron chi connectivity index (χ0n) is 11.3. The van der Waals surface area contributed by atoms with E-state index in [1.54, 1.807) is 6.20 Å². The van der Waals surface area contributed by atoms with E-state index >= 15 is 0 Å². The van der Waals surface area contributed by atoms with Gasteiger partial charge in [0.25, 0.3) is 0 Å².